The van der Waals surface area contributed by atoms with E-state index < -0.39 is 0 Å². The first-order valence-corrected chi connectivity index (χ1v) is 4.85. The normalized spacial score (nSPS) is 12.9. The van der Waals surface area contributed by atoms with E-state index in [9.17, 15) is 0 Å². The summed E-state index contributed by atoms with van der Waals surface area (Å²) < 4.78 is 0.870. The van der Waals surface area contributed by atoms with E-state index in [1.54, 1.807) is 6.20 Å². The van der Waals surface area contributed by atoms with Gasteiger partial charge in [0, 0.05) is 17.6 Å². The highest BCUT2D eigenvalue weighted by molar-refractivity contribution is 9.10. The molecule has 1 unspecified atom stereocenters. The first kappa shape index (κ1) is 9.52. The first-order chi connectivity index (χ1) is 5.65. The number of halogens is 1. The van der Waals surface area contributed by atoms with Crippen molar-refractivity contribution in [1.29, 1.82) is 0 Å². The molecule has 1 aromatic rings. The molecule has 1 atom stereocenters. The Labute approximate surface area is 81.3 Å². The molecule has 0 aliphatic carbocycles. The van der Waals surface area contributed by atoms with Crippen molar-refractivity contribution < 1.29 is 0 Å². The van der Waals surface area contributed by atoms with Crippen molar-refractivity contribution in [3.05, 3.63) is 22.4 Å². The molecule has 2 nitrogen and oxygen atoms in total. The number of anilines is 1. The van der Waals surface area contributed by atoms with Crippen molar-refractivity contribution in [1.82, 2.24) is 4.98 Å². The third kappa shape index (κ3) is 1.97. The minimum atomic E-state index is 0.486. The first-order valence-electron chi connectivity index (χ1n) is 4.06. The molecule has 12 heavy (non-hydrogen) atoms. The third-order valence-electron chi connectivity index (χ3n) is 2.02. The van der Waals surface area contributed by atoms with Crippen molar-refractivity contribution >= 4 is 21.6 Å². The van der Waals surface area contributed by atoms with E-state index in [1.165, 1.54) is 0 Å². The van der Waals surface area contributed by atoms with Crippen LogP contribution in [0.3, 0.4) is 0 Å². The van der Waals surface area contributed by atoms with Crippen molar-refractivity contribution in [3.8, 4) is 0 Å². The fourth-order valence-corrected chi connectivity index (χ4v) is 1.17. The summed E-state index contributed by atoms with van der Waals surface area (Å²) in [5.41, 5.74) is 7.56. The minimum Gasteiger partial charge on any atom is -0.398 e. The molecule has 0 saturated heterocycles. The van der Waals surface area contributed by atoms with Crippen LogP contribution in [0.15, 0.2) is 16.7 Å². The molecule has 1 aromatic heterocycles. The molecule has 0 amide bonds. The second-order valence-electron chi connectivity index (χ2n) is 2.94. The van der Waals surface area contributed by atoms with Crippen LogP contribution in [0.2, 0.25) is 0 Å². The molecule has 0 fully saturated rings. The molecule has 1 heterocycles. The summed E-state index contributed by atoms with van der Waals surface area (Å²) in [6.45, 7) is 4.29. The smallest absolute Gasteiger partial charge is 0.0588 e. The summed E-state index contributed by atoms with van der Waals surface area (Å²) in [5.74, 6) is 0.486. The Morgan fingerprint density at radius 2 is 2.33 bits per heavy atom. The molecule has 66 valence electrons. The van der Waals surface area contributed by atoms with E-state index in [1.807, 2.05) is 6.07 Å². The third-order valence-corrected chi connectivity index (χ3v) is 2.69. The van der Waals surface area contributed by atoms with Crippen LogP contribution in [0.4, 0.5) is 5.69 Å². The molecule has 0 spiro atoms. The Kier molecular flexibility index (Phi) is 3.09. The lowest BCUT2D eigenvalue weighted by Gasteiger charge is -2.08. The monoisotopic (exact) mass is 228 g/mol. The van der Waals surface area contributed by atoms with E-state index >= 15 is 0 Å². The lowest BCUT2D eigenvalue weighted by Crippen LogP contribution is -1.97. The summed E-state index contributed by atoms with van der Waals surface area (Å²) in [6.07, 6.45) is 2.85. The fourth-order valence-electron chi connectivity index (χ4n) is 0.950. The van der Waals surface area contributed by atoms with Gasteiger partial charge in [-0.3, -0.25) is 4.98 Å². The Balaban J connectivity index is 2.96. The summed E-state index contributed by atoms with van der Waals surface area (Å²) >= 11 is 3.31. The van der Waals surface area contributed by atoms with Gasteiger partial charge >= 0.3 is 0 Å². The Morgan fingerprint density at radius 3 is 2.83 bits per heavy atom. The lowest BCUT2D eigenvalue weighted by molar-refractivity contribution is 0.708. The van der Waals surface area contributed by atoms with Gasteiger partial charge in [-0.1, -0.05) is 13.8 Å². The highest BCUT2D eigenvalue weighted by Crippen LogP contribution is 2.23. The summed E-state index contributed by atoms with van der Waals surface area (Å²) in [4.78, 5) is 4.28. The predicted octanol–water partition coefficient (Wildman–Crippen LogP) is 2.94. The van der Waals surface area contributed by atoms with Crippen LogP contribution in [0.5, 0.6) is 0 Å². The molecular formula is C9H13BrN2. The van der Waals surface area contributed by atoms with Gasteiger partial charge in [-0.15, -0.1) is 0 Å². The number of aromatic nitrogens is 1. The summed E-state index contributed by atoms with van der Waals surface area (Å²) in [5, 5.41) is 0. The number of nitrogens with two attached hydrogens (primary N) is 1. The van der Waals surface area contributed by atoms with E-state index in [-0.39, 0.29) is 0 Å². The molecular weight excluding hydrogens is 216 g/mol. The van der Waals surface area contributed by atoms with Gasteiger partial charge < -0.3 is 5.73 Å². The minimum absolute atomic E-state index is 0.486. The zero-order valence-electron chi connectivity index (χ0n) is 7.34. The Bertz CT molecular complexity index is 273. The van der Waals surface area contributed by atoms with Crippen molar-refractivity contribution in [2.75, 3.05) is 5.73 Å². The quantitative estimate of drug-likeness (QED) is 0.846. The van der Waals surface area contributed by atoms with Gasteiger partial charge in [0.25, 0.3) is 0 Å². The van der Waals surface area contributed by atoms with Gasteiger partial charge in [0.1, 0.15) is 0 Å². The molecule has 0 radical (unpaired) electrons. The Hall–Kier alpha value is -0.570. The molecule has 3 heteroatoms. The number of rotatable bonds is 2. The maximum Gasteiger partial charge on any atom is 0.0588 e. The average molecular weight is 229 g/mol. The van der Waals surface area contributed by atoms with Crippen LogP contribution in [0.1, 0.15) is 31.9 Å². The predicted molar refractivity (Wildman–Crippen MR) is 55.1 cm³/mol. The molecule has 0 saturated carbocycles. The largest absolute Gasteiger partial charge is 0.398 e. The van der Waals surface area contributed by atoms with Crippen LogP contribution in [0.25, 0.3) is 0 Å². The van der Waals surface area contributed by atoms with E-state index in [4.69, 9.17) is 5.73 Å². The van der Waals surface area contributed by atoms with Crippen LogP contribution < -0.4 is 5.73 Å². The zero-order valence-corrected chi connectivity index (χ0v) is 8.93. The molecule has 0 aromatic carbocycles. The van der Waals surface area contributed by atoms with Crippen LogP contribution >= 0.6 is 15.9 Å². The molecule has 0 aliphatic heterocycles. The van der Waals surface area contributed by atoms with Gasteiger partial charge in [0.2, 0.25) is 0 Å². The second-order valence-corrected chi connectivity index (χ2v) is 3.79. The van der Waals surface area contributed by atoms with E-state index in [2.05, 4.69) is 34.8 Å². The number of pyridine rings is 1. The van der Waals surface area contributed by atoms with Gasteiger partial charge in [0.15, 0.2) is 0 Å². The topological polar surface area (TPSA) is 38.9 Å². The van der Waals surface area contributed by atoms with Crippen molar-refractivity contribution in [2.24, 2.45) is 0 Å². The van der Waals surface area contributed by atoms with Gasteiger partial charge in [0.05, 0.1) is 4.47 Å². The summed E-state index contributed by atoms with van der Waals surface area (Å²) in [7, 11) is 0. The number of nitrogen functional groups attached to an aromatic ring is 1. The van der Waals surface area contributed by atoms with Crippen molar-refractivity contribution in [2.45, 2.75) is 26.2 Å². The van der Waals surface area contributed by atoms with Crippen LogP contribution in [0, 0.1) is 0 Å². The fraction of sp³-hybridized carbons (Fsp3) is 0.444. The maximum absolute atomic E-state index is 5.73. The molecule has 0 bridgehead atoms. The molecule has 1 rings (SSSR count). The molecule has 2 N–H and O–H groups in total. The highest BCUT2D eigenvalue weighted by atomic mass is 79.9. The van der Waals surface area contributed by atoms with Crippen molar-refractivity contribution in [3.63, 3.8) is 0 Å². The SMILES string of the molecule is CCC(C)c1cc(N)c(Br)cn1. The summed E-state index contributed by atoms with van der Waals surface area (Å²) in [6, 6.07) is 1.93. The lowest BCUT2D eigenvalue weighted by atomic mass is 10.0. The van der Waals surface area contributed by atoms with Crippen LogP contribution in [-0.4, -0.2) is 4.98 Å². The van der Waals surface area contributed by atoms with E-state index in [0.29, 0.717) is 5.92 Å². The van der Waals surface area contributed by atoms with E-state index in [0.717, 1.165) is 22.3 Å². The van der Waals surface area contributed by atoms with Gasteiger partial charge in [-0.05, 0) is 34.3 Å². The maximum atomic E-state index is 5.73. The molecule has 0 aliphatic rings. The average Bonchev–Trinajstić information content (AvgIpc) is 2.08. The number of nitrogens with zero attached hydrogens (tertiary/aromatic N) is 1. The zero-order chi connectivity index (χ0) is 9.14. The Morgan fingerprint density at radius 1 is 1.67 bits per heavy atom. The highest BCUT2D eigenvalue weighted by Gasteiger charge is 2.05. The van der Waals surface area contributed by atoms with Gasteiger partial charge in [-0.25, -0.2) is 0 Å². The number of hydrogen-bond acceptors (Lipinski definition) is 2. The van der Waals surface area contributed by atoms with Gasteiger partial charge in [-0.2, -0.15) is 0 Å². The number of hydrogen-bond donors (Lipinski definition) is 1. The second kappa shape index (κ2) is 3.90. The standard InChI is InChI=1S/C9H13BrN2/c1-3-6(2)9-4-8(11)7(10)5-12-9/h4-6H,3H2,1-2H3,(H2,11,12). The van der Waals surface area contributed by atoms with Crippen LogP contribution in [-0.2, 0) is 0 Å².